The molecule has 12 heteroatoms. The highest BCUT2D eigenvalue weighted by atomic mass is 19.4. The summed E-state index contributed by atoms with van der Waals surface area (Å²) < 4.78 is 31.7. The SMILES string of the molecule is NC(=O)[C@]1(Cc2ccc3ncnc(N)c3c2)CCNC1=O.O=C(O)C(F)(F)F. The molecule has 0 bridgehead atoms. The van der Waals surface area contributed by atoms with E-state index in [4.69, 9.17) is 21.4 Å². The van der Waals surface area contributed by atoms with E-state index in [0.717, 1.165) is 11.1 Å². The molecule has 0 spiro atoms. The molecule has 0 aliphatic carbocycles. The van der Waals surface area contributed by atoms with Crippen molar-refractivity contribution >= 4 is 34.5 Å². The predicted molar refractivity (Wildman–Crippen MR) is 90.6 cm³/mol. The lowest BCUT2D eigenvalue weighted by Gasteiger charge is -2.22. The molecule has 3 rings (SSSR count). The Balaban J connectivity index is 0.000000345. The van der Waals surface area contributed by atoms with E-state index in [2.05, 4.69) is 15.3 Å². The number of anilines is 1. The number of carbonyl (C=O) groups is 3. The molecular formula is C16H16F3N5O4. The first kappa shape index (κ1) is 20.9. The minimum Gasteiger partial charge on any atom is -0.475 e. The van der Waals surface area contributed by atoms with Crippen molar-refractivity contribution in [2.24, 2.45) is 11.1 Å². The number of aromatic nitrogens is 2. The Hall–Kier alpha value is -3.44. The third-order valence-electron chi connectivity index (χ3n) is 4.22. The Morgan fingerprint density at radius 1 is 1.29 bits per heavy atom. The zero-order chi connectivity index (χ0) is 21.1. The molecule has 9 nitrogen and oxygen atoms in total. The van der Waals surface area contributed by atoms with Crippen molar-refractivity contribution in [2.45, 2.75) is 19.0 Å². The van der Waals surface area contributed by atoms with Gasteiger partial charge < -0.3 is 21.9 Å². The average molecular weight is 399 g/mol. The molecule has 1 aliphatic heterocycles. The fraction of sp³-hybridized carbons (Fsp3) is 0.312. The standard InChI is InChI=1S/C14H15N5O2.C2HF3O2/c15-11-9-5-8(1-2-10(9)18-7-19-11)6-14(12(16)20)3-4-17-13(14)21;3-2(4,5)1(6)7/h1-2,5,7H,3-4,6H2,(H2,16,20)(H,17,21)(H2,15,18,19);(H,6,7)/t14-;/m1./s1. The minimum atomic E-state index is -5.08. The molecule has 6 N–H and O–H groups in total. The number of nitrogen functional groups attached to an aromatic ring is 1. The number of nitrogens with one attached hydrogen (secondary N) is 1. The van der Waals surface area contributed by atoms with Gasteiger partial charge in [-0.1, -0.05) is 6.07 Å². The molecule has 0 unspecified atom stereocenters. The van der Waals surface area contributed by atoms with Gasteiger partial charge in [0, 0.05) is 11.9 Å². The van der Waals surface area contributed by atoms with Crippen LogP contribution in [0.3, 0.4) is 0 Å². The van der Waals surface area contributed by atoms with Crippen molar-refractivity contribution in [1.29, 1.82) is 0 Å². The second-order valence-corrected chi connectivity index (χ2v) is 6.04. The highest BCUT2D eigenvalue weighted by molar-refractivity contribution is 6.06. The first-order valence-electron chi connectivity index (χ1n) is 7.85. The van der Waals surface area contributed by atoms with E-state index in [1.165, 1.54) is 6.33 Å². The van der Waals surface area contributed by atoms with Crippen molar-refractivity contribution in [3.63, 3.8) is 0 Å². The molecule has 2 heterocycles. The number of halogens is 3. The smallest absolute Gasteiger partial charge is 0.475 e. The van der Waals surface area contributed by atoms with Crippen LogP contribution in [-0.2, 0) is 20.8 Å². The van der Waals surface area contributed by atoms with E-state index in [9.17, 15) is 22.8 Å². The fourth-order valence-corrected chi connectivity index (χ4v) is 2.75. The van der Waals surface area contributed by atoms with E-state index in [1.807, 2.05) is 6.07 Å². The normalized spacial score (nSPS) is 18.9. The molecular weight excluding hydrogens is 383 g/mol. The maximum atomic E-state index is 12.0. The average Bonchev–Trinajstić information content (AvgIpc) is 2.97. The van der Waals surface area contributed by atoms with E-state index < -0.39 is 23.5 Å². The Morgan fingerprint density at radius 2 is 1.93 bits per heavy atom. The molecule has 150 valence electrons. The van der Waals surface area contributed by atoms with Crippen molar-refractivity contribution in [3.05, 3.63) is 30.1 Å². The van der Waals surface area contributed by atoms with Crippen LogP contribution in [0.1, 0.15) is 12.0 Å². The number of nitrogens with zero attached hydrogens (tertiary/aromatic N) is 2. The monoisotopic (exact) mass is 399 g/mol. The largest absolute Gasteiger partial charge is 0.490 e. The summed E-state index contributed by atoms with van der Waals surface area (Å²) in [5.41, 5.74) is 11.6. The van der Waals surface area contributed by atoms with E-state index in [1.54, 1.807) is 12.1 Å². The molecule has 1 atom stereocenters. The second-order valence-electron chi connectivity index (χ2n) is 6.04. The topological polar surface area (TPSA) is 161 Å². The second kappa shape index (κ2) is 7.66. The van der Waals surface area contributed by atoms with Gasteiger partial charge in [0.25, 0.3) is 0 Å². The number of fused-ring (bicyclic) bond motifs is 1. The molecule has 1 aromatic carbocycles. The molecule has 1 fully saturated rings. The fourth-order valence-electron chi connectivity index (χ4n) is 2.75. The van der Waals surface area contributed by atoms with Crippen LogP contribution in [0.25, 0.3) is 10.9 Å². The van der Waals surface area contributed by atoms with Gasteiger partial charge in [0.2, 0.25) is 11.8 Å². The summed E-state index contributed by atoms with van der Waals surface area (Å²) in [7, 11) is 0. The lowest BCUT2D eigenvalue weighted by molar-refractivity contribution is -0.192. The summed E-state index contributed by atoms with van der Waals surface area (Å²) in [4.78, 5) is 40.8. The molecule has 1 saturated heterocycles. The summed E-state index contributed by atoms with van der Waals surface area (Å²) in [5.74, 6) is -3.30. The summed E-state index contributed by atoms with van der Waals surface area (Å²) in [5, 5.41) is 10.5. The molecule has 2 amide bonds. The number of alkyl halides is 3. The van der Waals surface area contributed by atoms with Crippen molar-refractivity contribution in [1.82, 2.24) is 15.3 Å². The molecule has 0 radical (unpaired) electrons. The molecule has 1 aliphatic rings. The van der Waals surface area contributed by atoms with Crippen LogP contribution >= 0.6 is 0 Å². The van der Waals surface area contributed by atoms with Crippen LogP contribution in [-0.4, -0.2) is 45.6 Å². The number of carboxylic acids is 1. The van der Waals surface area contributed by atoms with E-state index in [-0.39, 0.29) is 12.3 Å². The maximum Gasteiger partial charge on any atom is 0.490 e. The molecule has 1 aromatic heterocycles. The number of carboxylic acid groups (broad SMARTS) is 1. The van der Waals surface area contributed by atoms with Gasteiger partial charge >= 0.3 is 12.1 Å². The number of amides is 2. The number of hydrogen-bond acceptors (Lipinski definition) is 6. The zero-order valence-corrected chi connectivity index (χ0v) is 14.3. The summed E-state index contributed by atoms with van der Waals surface area (Å²) >= 11 is 0. The van der Waals surface area contributed by atoms with Gasteiger partial charge in [-0.3, -0.25) is 9.59 Å². The maximum absolute atomic E-state index is 12.0. The first-order valence-corrected chi connectivity index (χ1v) is 7.85. The van der Waals surface area contributed by atoms with Gasteiger partial charge in [-0.2, -0.15) is 13.2 Å². The van der Waals surface area contributed by atoms with Crippen molar-refractivity contribution < 1.29 is 32.7 Å². The summed E-state index contributed by atoms with van der Waals surface area (Å²) in [6.07, 6.45) is -3.04. The minimum absolute atomic E-state index is 0.248. The first-order chi connectivity index (χ1) is 13.0. The predicted octanol–water partition coefficient (Wildman–Crippen LogP) is 0.379. The highest BCUT2D eigenvalue weighted by Gasteiger charge is 2.47. The van der Waals surface area contributed by atoms with Gasteiger partial charge in [0.05, 0.1) is 5.52 Å². The lowest BCUT2D eigenvalue weighted by Crippen LogP contribution is -2.44. The van der Waals surface area contributed by atoms with Crippen molar-refractivity contribution in [3.8, 4) is 0 Å². The summed E-state index contributed by atoms with van der Waals surface area (Å²) in [6.45, 7) is 0.459. The van der Waals surface area contributed by atoms with Crippen LogP contribution in [0.15, 0.2) is 24.5 Å². The third-order valence-corrected chi connectivity index (χ3v) is 4.22. The molecule has 0 saturated carbocycles. The van der Waals surface area contributed by atoms with E-state index >= 15 is 0 Å². The van der Waals surface area contributed by atoms with Crippen LogP contribution in [0.4, 0.5) is 19.0 Å². The van der Waals surface area contributed by atoms with Crippen LogP contribution in [0.2, 0.25) is 0 Å². The quantitative estimate of drug-likeness (QED) is 0.542. The highest BCUT2D eigenvalue weighted by Crippen LogP contribution is 2.32. The van der Waals surface area contributed by atoms with Gasteiger partial charge in [0.1, 0.15) is 17.6 Å². The number of benzene rings is 1. The molecule has 28 heavy (non-hydrogen) atoms. The van der Waals surface area contributed by atoms with Gasteiger partial charge in [0.15, 0.2) is 0 Å². The van der Waals surface area contributed by atoms with Crippen LogP contribution in [0.5, 0.6) is 0 Å². The van der Waals surface area contributed by atoms with E-state index in [0.29, 0.717) is 24.2 Å². The Morgan fingerprint density at radius 3 is 2.43 bits per heavy atom. The van der Waals surface area contributed by atoms with Crippen molar-refractivity contribution in [2.75, 3.05) is 12.3 Å². The van der Waals surface area contributed by atoms with Gasteiger partial charge in [-0.05, 0) is 30.5 Å². The Labute approximate surface area is 155 Å². The lowest BCUT2D eigenvalue weighted by atomic mass is 9.79. The van der Waals surface area contributed by atoms with Crippen LogP contribution < -0.4 is 16.8 Å². The number of primary amides is 1. The Kier molecular flexibility index (Phi) is 5.71. The molecule has 2 aromatic rings. The number of carbonyl (C=O) groups excluding carboxylic acids is 2. The number of rotatable bonds is 3. The third kappa shape index (κ3) is 4.27. The number of nitrogens with two attached hydrogens (primary N) is 2. The number of hydrogen-bond donors (Lipinski definition) is 4. The Bertz CT molecular complexity index is 934. The van der Waals surface area contributed by atoms with Gasteiger partial charge in [-0.25, -0.2) is 14.8 Å². The summed E-state index contributed by atoms with van der Waals surface area (Å²) in [6, 6.07) is 5.43. The number of aliphatic carboxylic acids is 1. The van der Waals surface area contributed by atoms with Crippen LogP contribution in [0, 0.1) is 5.41 Å². The van der Waals surface area contributed by atoms with Gasteiger partial charge in [-0.15, -0.1) is 0 Å². The zero-order valence-electron chi connectivity index (χ0n) is 14.3.